The summed E-state index contributed by atoms with van der Waals surface area (Å²) < 4.78 is 4.65. The fraction of sp³-hybridized carbons (Fsp3) is 0.667. The minimum atomic E-state index is -0.663. The third-order valence-electron chi connectivity index (χ3n) is 1.65. The summed E-state index contributed by atoms with van der Waals surface area (Å²) in [5, 5.41) is 0. The van der Waals surface area contributed by atoms with Gasteiger partial charge in [0, 0.05) is 6.42 Å². The Labute approximate surface area is 77.3 Å². The SMILES string of the molecule is CCOC(=O)CCC(C=O)C(C)=O. The van der Waals surface area contributed by atoms with Crippen LogP contribution in [0, 0.1) is 5.92 Å². The predicted molar refractivity (Wildman–Crippen MR) is 46.1 cm³/mol. The van der Waals surface area contributed by atoms with E-state index in [1.807, 2.05) is 0 Å². The van der Waals surface area contributed by atoms with E-state index >= 15 is 0 Å². The number of ether oxygens (including phenoxy) is 1. The fourth-order valence-corrected chi connectivity index (χ4v) is 0.874. The van der Waals surface area contributed by atoms with Crippen LogP contribution < -0.4 is 0 Å². The molecule has 0 heterocycles. The topological polar surface area (TPSA) is 60.4 Å². The van der Waals surface area contributed by atoms with Crippen LogP contribution >= 0.6 is 0 Å². The van der Waals surface area contributed by atoms with Gasteiger partial charge < -0.3 is 9.53 Å². The maximum absolute atomic E-state index is 10.8. The standard InChI is InChI=1S/C9H14O4/c1-3-13-9(12)5-4-8(6-10)7(2)11/h6,8H,3-5H2,1-2H3. The molecule has 13 heavy (non-hydrogen) atoms. The Balaban J connectivity index is 3.78. The van der Waals surface area contributed by atoms with Gasteiger partial charge in [-0.3, -0.25) is 9.59 Å². The zero-order valence-electron chi connectivity index (χ0n) is 7.91. The molecule has 0 bridgehead atoms. The van der Waals surface area contributed by atoms with Crippen molar-refractivity contribution in [3.05, 3.63) is 0 Å². The van der Waals surface area contributed by atoms with E-state index in [2.05, 4.69) is 4.74 Å². The van der Waals surface area contributed by atoms with Crippen LogP contribution in [0.2, 0.25) is 0 Å². The number of carbonyl (C=O) groups excluding carboxylic acids is 3. The highest BCUT2D eigenvalue weighted by Gasteiger charge is 2.14. The van der Waals surface area contributed by atoms with Crippen molar-refractivity contribution in [1.82, 2.24) is 0 Å². The Morgan fingerprint density at radius 2 is 2.08 bits per heavy atom. The van der Waals surface area contributed by atoms with Crippen molar-refractivity contribution in [2.45, 2.75) is 26.7 Å². The van der Waals surface area contributed by atoms with Crippen LogP contribution in [0.15, 0.2) is 0 Å². The second kappa shape index (κ2) is 6.34. The normalized spacial score (nSPS) is 11.8. The lowest BCUT2D eigenvalue weighted by molar-refractivity contribution is -0.143. The lowest BCUT2D eigenvalue weighted by Crippen LogP contribution is -2.15. The molecule has 0 fully saturated rings. The molecule has 4 heteroatoms. The smallest absolute Gasteiger partial charge is 0.305 e. The summed E-state index contributed by atoms with van der Waals surface area (Å²) in [5.74, 6) is -1.24. The molecule has 4 nitrogen and oxygen atoms in total. The highest BCUT2D eigenvalue weighted by molar-refractivity contribution is 5.91. The van der Waals surface area contributed by atoms with E-state index in [-0.39, 0.29) is 24.6 Å². The Morgan fingerprint density at radius 1 is 1.46 bits per heavy atom. The molecule has 0 rings (SSSR count). The summed E-state index contributed by atoms with van der Waals surface area (Å²) in [7, 11) is 0. The van der Waals surface area contributed by atoms with E-state index in [9.17, 15) is 14.4 Å². The number of Topliss-reactive ketones (excluding diaryl/α,β-unsaturated/α-hetero) is 1. The Hall–Kier alpha value is -1.19. The van der Waals surface area contributed by atoms with E-state index in [1.165, 1.54) is 6.92 Å². The van der Waals surface area contributed by atoms with Crippen LogP contribution in [0.4, 0.5) is 0 Å². The molecule has 0 aliphatic heterocycles. The molecule has 0 radical (unpaired) electrons. The summed E-state index contributed by atoms with van der Waals surface area (Å²) in [5.41, 5.74) is 0. The van der Waals surface area contributed by atoms with Gasteiger partial charge in [-0.05, 0) is 20.3 Å². The van der Waals surface area contributed by atoms with Gasteiger partial charge >= 0.3 is 5.97 Å². The molecule has 1 atom stereocenters. The monoisotopic (exact) mass is 186 g/mol. The number of aldehydes is 1. The summed E-state index contributed by atoms with van der Waals surface area (Å²) >= 11 is 0. The number of carbonyl (C=O) groups is 3. The molecule has 0 aromatic carbocycles. The third-order valence-corrected chi connectivity index (χ3v) is 1.65. The van der Waals surface area contributed by atoms with Crippen LogP contribution in [0.3, 0.4) is 0 Å². The second-order valence-corrected chi connectivity index (χ2v) is 2.70. The van der Waals surface area contributed by atoms with Gasteiger partial charge in [-0.2, -0.15) is 0 Å². The van der Waals surface area contributed by atoms with Gasteiger partial charge in [0.2, 0.25) is 0 Å². The molecule has 0 spiro atoms. The van der Waals surface area contributed by atoms with Gasteiger partial charge in [-0.25, -0.2) is 0 Å². The summed E-state index contributed by atoms with van der Waals surface area (Å²) in [6, 6.07) is 0. The zero-order chi connectivity index (χ0) is 10.3. The van der Waals surface area contributed by atoms with Crippen LogP contribution in [0.5, 0.6) is 0 Å². The van der Waals surface area contributed by atoms with Gasteiger partial charge in [-0.1, -0.05) is 0 Å². The number of hydrogen-bond donors (Lipinski definition) is 0. The molecule has 1 unspecified atom stereocenters. The molecular formula is C9H14O4. The molecule has 0 saturated carbocycles. The van der Waals surface area contributed by atoms with E-state index in [0.717, 1.165) is 0 Å². The molecule has 0 saturated heterocycles. The first-order valence-electron chi connectivity index (χ1n) is 4.23. The number of esters is 1. The van der Waals surface area contributed by atoms with Crippen LogP contribution in [0.25, 0.3) is 0 Å². The first-order chi connectivity index (χ1) is 6.11. The van der Waals surface area contributed by atoms with Crippen molar-refractivity contribution >= 4 is 18.0 Å². The highest BCUT2D eigenvalue weighted by Crippen LogP contribution is 2.05. The Bertz CT molecular complexity index is 198. The number of rotatable bonds is 6. The summed E-state index contributed by atoms with van der Waals surface area (Å²) in [6.45, 7) is 3.37. The first-order valence-corrected chi connectivity index (χ1v) is 4.23. The maximum atomic E-state index is 10.8. The Morgan fingerprint density at radius 3 is 2.46 bits per heavy atom. The number of hydrogen-bond acceptors (Lipinski definition) is 4. The molecule has 0 aromatic heterocycles. The molecular weight excluding hydrogens is 172 g/mol. The van der Waals surface area contributed by atoms with Crippen molar-refractivity contribution in [2.24, 2.45) is 5.92 Å². The summed E-state index contributed by atoms with van der Waals surface area (Å²) in [4.78, 5) is 31.9. The minimum absolute atomic E-state index is 0.122. The molecule has 0 aromatic rings. The van der Waals surface area contributed by atoms with E-state index in [4.69, 9.17) is 0 Å². The van der Waals surface area contributed by atoms with Crippen LogP contribution in [-0.2, 0) is 19.1 Å². The minimum Gasteiger partial charge on any atom is -0.466 e. The average molecular weight is 186 g/mol. The summed E-state index contributed by atoms with van der Waals surface area (Å²) in [6.07, 6.45) is 0.941. The molecule has 0 aliphatic rings. The van der Waals surface area contributed by atoms with Crippen LogP contribution in [-0.4, -0.2) is 24.6 Å². The lowest BCUT2D eigenvalue weighted by Gasteiger charge is -2.04. The number of ketones is 1. The van der Waals surface area contributed by atoms with Crippen LogP contribution in [0.1, 0.15) is 26.7 Å². The quantitative estimate of drug-likeness (QED) is 0.348. The van der Waals surface area contributed by atoms with Gasteiger partial charge in [0.05, 0.1) is 12.5 Å². The highest BCUT2D eigenvalue weighted by atomic mass is 16.5. The van der Waals surface area contributed by atoms with E-state index in [0.29, 0.717) is 12.9 Å². The molecule has 0 N–H and O–H groups in total. The van der Waals surface area contributed by atoms with Crippen molar-refractivity contribution < 1.29 is 19.1 Å². The molecule has 0 aliphatic carbocycles. The first kappa shape index (κ1) is 11.8. The molecule has 74 valence electrons. The van der Waals surface area contributed by atoms with E-state index < -0.39 is 5.92 Å². The van der Waals surface area contributed by atoms with E-state index in [1.54, 1.807) is 6.92 Å². The van der Waals surface area contributed by atoms with Gasteiger partial charge in [0.1, 0.15) is 12.1 Å². The van der Waals surface area contributed by atoms with Gasteiger partial charge in [0.25, 0.3) is 0 Å². The van der Waals surface area contributed by atoms with Crippen molar-refractivity contribution in [3.8, 4) is 0 Å². The predicted octanol–water partition coefficient (Wildman–Crippen LogP) is 0.734. The Kier molecular flexibility index (Phi) is 5.76. The second-order valence-electron chi connectivity index (χ2n) is 2.70. The largest absolute Gasteiger partial charge is 0.466 e. The fourth-order valence-electron chi connectivity index (χ4n) is 0.874. The third kappa shape index (κ3) is 5.11. The molecule has 0 amide bonds. The van der Waals surface area contributed by atoms with Gasteiger partial charge in [-0.15, -0.1) is 0 Å². The van der Waals surface area contributed by atoms with Crippen molar-refractivity contribution in [3.63, 3.8) is 0 Å². The van der Waals surface area contributed by atoms with Gasteiger partial charge in [0.15, 0.2) is 0 Å². The maximum Gasteiger partial charge on any atom is 0.305 e. The average Bonchev–Trinajstić information content (AvgIpc) is 2.05. The van der Waals surface area contributed by atoms with Crippen molar-refractivity contribution in [2.75, 3.05) is 6.61 Å². The zero-order valence-corrected chi connectivity index (χ0v) is 7.91. The van der Waals surface area contributed by atoms with Crippen molar-refractivity contribution in [1.29, 1.82) is 0 Å². The lowest BCUT2D eigenvalue weighted by atomic mass is 10.0.